The first-order valence-electron chi connectivity index (χ1n) is 7.39. The van der Waals surface area contributed by atoms with Gasteiger partial charge in [-0.05, 0) is 38.5 Å². The Hall–Kier alpha value is -2.88. The maximum atomic E-state index is 11.8. The molecule has 1 heterocycles. The van der Waals surface area contributed by atoms with Gasteiger partial charge in [0.25, 0.3) is 0 Å². The molecule has 0 spiro atoms. The Morgan fingerprint density at radius 2 is 2.13 bits per heavy atom. The van der Waals surface area contributed by atoms with E-state index in [1.807, 2.05) is 6.92 Å². The van der Waals surface area contributed by atoms with E-state index < -0.39 is 5.97 Å². The van der Waals surface area contributed by atoms with Crippen LogP contribution in [0.4, 0.5) is 0 Å². The Bertz CT molecular complexity index is 746. The summed E-state index contributed by atoms with van der Waals surface area (Å²) in [6, 6.07) is 7.15. The van der Waals surface area contributed by atoms with E-state index in [4.69, 9.17) is 9.47 Å². The maximum absolute atomic E-state index is 11.8. The molecule has 0 atom stereocenters. The van der Waals surface area contributed by atoms with Gasteiger partial charge in [0.05, 0.1) is 30.2 Å². The molecule has 0 fully saturated rings. The van der Waals surface area contributed by atoms with Crippen molar-refractivity contribution < 1.29 is 14.3 Å². The van der Waals surface area contributed by atoms with Gasteiger partial charge in [0, 0.05) is 0 Å². The smallest absolute Gasteiger partial charge is 0.360 e. The number of aryl methyl sites for hydroxylation is 1. The predicted octanol–water partition coefficient (Wildman–Crippen LogP) is 2.41. The quantitative estimate of drug-likeness (QED) is 0.761. The molecule has 0 aliphatic heterocycles. The molecule has 0 radical (unpaired) electrons. The third-order valence-corrected chi connectivity index (χ3v) is 3.03. The summed E-state index contributed by atoms with van der Waals surface area (Å²) in [6.45, 7) is 6.21. The van der Waals surface area contributed by atoms with Crippen molar-refractivity contribution in [1.29, 1.82) is 5.26 Å². The second-order valence-corrected chi connectivity index (χ2v) is 4.78. The van der Waals surface area contributed by atoms with E-state index in [1.54, 1.807) is 32.0 Å². The van der Waals surface area contributed by atoms with Gasteiger partial charge in [-0.25, -0.2) is 4.79 Å². The Balaban J connectivity index is 2.34. The van der Waals surface area contributed by atoms with Crippen LogP contribution >= 0.6 is 0 Å². The number of hydrogen-bond donors (Lipinski definition) is 0. The molecule has 0 saturated heterocycles. The molecule has 2 rings (SSSR count). The minimum absolute atomic E-state index is 0.164. The van der Waals surface area contributed by atoms with Gasteiger partial charge in [0.1, 0.15) is 11.8 Å². The lowest BCUT2D eigenvalue weighted by Crippen LogP contribution is -2.08. The molecule has 0 saturated carbocycles. The molecule has 1 aromatic heterocycles. The van der Waals surface area contributed by atoms with Crippen LogP contribution < -0.4 is 4.74 Å². The number of rotatable bonds is 6. The number of carbonyl (C=O) groups excluding carboxylic acids is 1. The fourth-order valence-electron chi connectivity index (χ4n) is 1.95. The van der Waals surface area contributed by atoms with Crippen molar-refractivity contribution in [3.63, 3.8) is 0 Å². The summed E-state index contributed by atoms with van der Waals surface area (Å²) in [6.07, 6.45) is 0.857. The van der Waals surface area contributed by atoms with Crippen LogP contribution in [0.1, 0.15) is 42.0 Å². The molecule has 0 amide bonds. The second-order valence-electron chi connectivity index (χ2n) is 4.78. The van der Waals surface area contributed by atoms with Gasteiger partial charge in [-0.3, -0.25) is 0 Å². The number of carbonyl (C=O) groups is 1. The zero-order valence-electron chi connectivity index (χ0n) is 13.4. The summed E-state index contributed by atoms with van der Waals surface area (Å²) < 4.78 is 10.5. The number of esters is 1. The van der Waals surface area contributed by atoms with E-state index in [1.165, 1.54) is 4.80 Å². The predicted molar refractivity (Wildman–Crippen MR) is 82.6 cm³/mol. The largest absolute Gasteiger partial charge is 0.492 e. The van der Waals surface area contributed by atoms with Crippen molar-refractivity contribution >= 4 is 5.97 Å². The van der Waals surface area contributed by atoms with E-state index >= 15 is 0 Å². The fourth-order valence-corrected chi connectivity index (χ4v) is 1.95. The highest BCUT2D eigenvalue weighted by Crippen LogP contribution is 2.21. The summed E-state index contributed by atoms with van der Waals surface area (Å²) >= 11 is 0. The highest BCUT2D eigenvalue weighted by Gasteiger charge is 2.18. The molecule has 0 unspecified atom stereocenters. The first-order valence-corrected chi connectivity index (χ1v) is 7.39. The molecule has 0 bridgehead atoms. The van der Waals surface area contributed by atoms with Gasteiger partial charge < -0.3 is 9.47 Å². The SMILES string of the molecule is CCCOc1ccc(-n2nc(C)c(C(=O)OCC)n2)cc1C#N. The number of ether oxygens (including phenoxy) is 2. The summed E-state index contributed by atoms with van der Waals surface area (Å²) in [5.41, 5.74) is 1.59. The highest BCUT2D eigenvalue weighted by molar-refractivity contribution is 5.88. The van der Waals surface area contributed by atoms with Crippen molar-refractivity contribution in [2.45, 2.75) is 27.2 Å². The number of aromatic nitrogens is 3. The van der Waals surface area contributed by atoms with Gasteiger partial charge in [-0.2, -0.15) is 15.2 Å². The number of hydrogen-bond acceptors (Lipinski definition) is 6. The molecule has 2 aromatic rings. The monoisotopic (exact) mass is 314 g/mol. The minimum Gasteiger partial charge on any atom is -0.492 e. The van der Waals surface area contributed by atoms with E-state index in [-0.39, 0.29) is 12.3 Å². The van der Waals surface area contributed by atoms with Crippen LogP contribution in [-0.4, -0.2) is 34.2 Å². The van der Waals surface area contributed by atoms with Crippen LogP contribution in [0, 0.1) is 18.3 Å². The number of nitrogens with zero attached hydrogens (tertiary/aromatic N) is 4. The van der Waals surface area contributed by atoms with E-state index in [9.17, 15) is 10.1 Å². The molecule has 120 valence electrons. The Kier molecular flexibility index (Phi) is 5.31. The lowest BCUT2D eigenvalue weighted by Gasteiger charge is -2.07. The normalized spacial score (nSPS) is 10.2. The molecule has 23 heavy (non-hydrogen) atoms. The maximum Gasteiger partial charge on any atom is 0.360 e. The van der Waals surface area contributed by atoms with Gasteiger partial charge in [-0.1, -0.05) is 6.92 Å². The number of nitriles is 1. The molecule has 0 aliphatic carbocycles. The van der Waals surface area contributed by atoms with Crippen LogP contribution in [0.2, 0.25) is 0 Å². The molecule has 0 aliphatic rings. The first kappa shape index (κ1) is 16.5. The van der Waals surface area contributed by atoms with Crippen LogP contribution in [0.3, 0.4) is 0 Å². The Morgan fingerprint density at radius 1 is 1.35 bits per heavy atom. The van der Waals surface area contributed by atoms with Crippen molar-refractivity contribution in [2.24, 2.45) is 0 Å². The summed E-state index contributed by atoms with van der Waals surface area (Å²) in [5, 5.41) is 17.6. The highest BCUT2D eigenvalue weighted by atomic mass is 16.5. The van der Waals surface area contributed by atoms with Gasteiger partial charge in [-0.15, -0.1) is 5.10 Å². The lowest BCUT2D eigenvalue weighted by atomic mass is 10.2. The zero-order valence-corrected chi connectivity index (χ0v) is 13.4. The molecule has 1 aromatic carbocycles. The molecular formula is C16H18N4O3. The van der Waals surface area contributed by atoms with Crippen molar-refractivity contribution in [2.75, 3.05) is 13.2 Å². The Labute approximate surface area is 134 Å². The van der Waals surface area contributed by atoms with Crippen LogP contribution in [-0.2, 0) is 4.74 Å². The minimum atomic E-state index is -0.514. The summed E-state index contributed by atoms with van der Waals surface area (Å²) in [4.78, 5) is 13.1. The van der Waals surface area contributed by atoms with Crippen molar-refractivity contribution in [1.82, 2.24) is 15.0 Å². The van der Waals surface area contributed by atoms with E-state index in [2.05, 4.69) is 16.3 Å². The molecular weight excluding hydrogens is 296 g/mol. The van der Waals surface area contributed by atoms with Gasteiger partial charge in [0.15, 0.2) is 5.69 Å². The molecule has 0 N–H and O–H groups in total. The van der Waals surface area contributed by atoms with E-state index in [0.717, 1.165) is 6.42 Å². The lowest BCUT2D eigenvalue weighted by molar-refractivity contribution is 0.0518. The van der Waals surface area contributed by atoms with Crippen molar-refractivity contribution in [3.8, 4) is 17.5 Å². The summed E-state index contributed by atoms with van der Waals surface area (Å²) in [5.74, 6) is 0.00671. The van der Waals surface area contributed by atoms with E-state index in [0.29, 0.717) is 29.3 Å². The second kappa shape index (κ2) is 7.40. The fraction of sp³-hybridized carbons (Fsp3) is 0.375. The average molecular weight is 314 g/mol. The van der Waals surface area contributed by atoms with Gasteiger partial charge >= 0.3 is 5.97 Å². The summed E-state index contributed by atoms with van der Waals surface area (Å²) in [7, 11) is 0. The van der Waals surface area contributed by atoms with Gasteiger partial charge in [0.2, 0.25) is 0 Å². The third kappa shape index (κ3) is 3.66. The van der Waals surface area contributed by atoms with Crippen LogP contribution in [0.15, 0.2) is 18.2 Å². The third-order valence-electron chi connectivity index (χ3n) is 3.03. The van der Waals surface area contributed by atoms with Crippen molar-refractivity contribution in [3.05, 3.63) is 35.2 Å². The standard InChI is InChI=1S/C16H18N4O3/c1-4-8-23-14-7-6-13(9-12(14)10-17)20-18-11(3)15(19-20)16(21)22-5-2/h6-7,9H,4-5,8H2,1-3H3. The molecule has 7 heteroatoms. The number of benzene rings is 1. The Morgan fingerprint density at radius 3 is 2.78 bits per heavy atom. The van der Waals surface area contributed by atoms with Crippen LogP contribution in [0.25, 0.3) is 5.69 Å². The average Bonchev–Trinajstić information content (AvgIpc) is 2.95. The topological polar surface area (TPSA) is 90.0 Å². The molecule has 7 nitrogen and oxygen atoms in total. The van der Waals surface area contributed by atoms with Crippen LogP contribution in [0.5, 0.6) is 5.75 Å². The first-order chi connectivity index (χ1) is 11.1. The zero-order chi connectivity index (χ0) is 16.8.